The molecule has 0 aliphatic carbocycles. The fraction of sp³-hybridized carbons (Fsp3) is 0.0938. The molecule has 4 aromatic carbocycles. The Bertz CT molecular complexity index is 1730. The number of rotatable bonds is 8. The van der Waals surface area contributed by atoms with Gasteiger partial charge in [-0.2, -0.15) is 0 Å². The summed E-state index contributed by atoms with van der Waals surface area (Å²) >= 11 is 0. The van der Waals surface area contributed by atoms with Crippen molar-refractivity contribution < 1.29 is 33.7 Å². The molecule has 41 heavy (non-hydrogen) atoms. The first-order valence-electron chi connectivity index (χ1n) is 12.7. The van der Waals surface area contributed by atoms with E-state index in [0.717, 1.165) is 11.6 Å². The van der Waals surface area contributed by atoms with Gasteiger partial charge in [0.15, 0.2) is 16.9 Å². The van der Waals surface area contributed by atoms with Crippen molar-refractivity contribution in [2.75, 3.05) is 0 Å². The summed E-state index contributed by atoms with van der Waals surface area (Å²) < 4.78 is 16.4. The van der Waals surface area contributed by atoms with E-state index in [1.54, 1.807) is 78.9 Å². The molecule has 0 saturated carbocycles. The normalized spacial score (nSPS) is 11.5. The van der Waals surface area contributed by atoms with Crippen LogP contribution in [0.3, 0.4) is 0 Å². The number of amides is 1. The van der Waals surface area contributed by atoms with Crippen molar-refractivity contribution in [2.24, 2.45) is 0 Å². The molecule has 1 unspecified atom stereocenters. The van der Waals surface area contributed by atoms with Gasteiger partial charge in [0.25, 0.3) is 0 Å². The van der Waals surface area contributed by atoms with Gasteiger partial charge in [-0.15, -0.1) is 0 Å². The van der Waals surface area contributed by atoms with Gasteiger partial charge in [0.05, 0.1) is 0 Å². The number of phenolic OH excluding ortho intramolecular Hbond substituents is 2. The van der Waals surface area contributed by atoms with Gasteiger partial charge < -0.3 is 29.4 Å². The van der Waals surface area contributed by atoms with Crippen molar-refractivity contribution in [3.05, 3.63) is 124 Å². The van der Waals surface area contributed by atoms with Gasteiger partial charge in [-0.3, -0.25) is 4.79 Å². The molecule has 3 N–H and O–H groups in total. The molecule has 1 aromatic heterocycles. The lowest BCUT2D eigenvalue weighted by Gasteiger charge is -2.19. The average molecular weight is 552 g/mol. The van der Waals surface area contributed by atoms with Gasteiger partial charge in [0.2, 0.25) is 5.75 Å². The molecule has 5 aromatic rings. The van der Waals surface area contributed by atoms with Gasteiger partial charge >= 0.3 is 12.1 Å². The second-order valence-corrected chi connectivity index (χ2v) is 9.16. The van der Waals surface area contributed by atoms with Crippen LogP contribution < -0.4 is 15.5 Å². The molecule has 0 radical (unpaired) electrons. The lowest BCUT2D eigenvalue weighted by atomic mass is 10.1. The topological polar surface area (TPSA) is 135 Å². The van der Waals surface area contributed by atoms with Crippen LogP contribution in [0.15, 0.2) is 112 Å². The fourth-order valence-corrected chi connectivity index (χ4v) is 4.24. The Morgan fingerprint density at radius 1 is 0.829 bits per heavy atom. The Morgan fingerprint density at radius 2 is 1.44 bits per heavy atom. The monoisotopic (exact) mass is 551 g/mol. The maximum absolute atomic E-state index is 13.3. The van der Waals surface area contributed by atoms with E-state index in [1.807, 2.05) is 12.1 Å². The van der Waals surface area contributed by atoms with Crippen LogP contribution in [-0.2, 0) is 22.6 Å². The van der Waals surface area contributed by atoms with E-state index in [1.165, 1.54) is 6.07 Å². The molecule has 9 heteroatoms. The van der Waals surface area contributed by atoms with Crippen molar-refractivity contribution in [2.45, 2.75) is 19.1 Å². The van der Waals surface area contributed by atoms with E-state index in [9.17, 15) is 24.6 Å². The van der Waals surface area contributed by atoms with Crippen molar-refractivity contribution in [1.29, 1.82) is 0 Å². The van der Waals surface area contributed by atoms with E-state index in [0.29, 0.717) is 11.1 Å². The summed E-state index contributed by atoms with van der Waals surface area (Å²) in [5.74, 6) is -2.82. The van der Waals surface area contributed by atoms with Gasteiger partial charge in [0.1, 0.15) is 29.4 Å². The van der Waals surface area contributed by atoms with Crippen molar-refractivity contribution in [3.8, 4) is 28.6 Å². The Kier molecular flexibility index (Phi) is 7.96. The van der Waals surface area contributed by atoms with Crippen LogP contribution in [0.2, 0.25) is 0 Å². The summed E-state index contributed by atoms with van der Waals surface area (Å²) in [6.45, 7) is -0.0211. The number of hydrogen-bond donors (Lipinski definition) is 3. The molecule has 5 rings (SSSR count). The van der Waals surface area contributed by atoms with E-state index in [-0.39, 0.29) is 29.8 Å². The largest absolute Gasteiger partial charge is 0.504 e. The van der Waals surface area contributed by atoms with Crippen LogP contribution in [0.4, 0.5) is 4.79 Å². The summed E-state index contributed by atoms with van der Waals surface area (Å²) in [5.41, 5.74) is 1.37. The maximum atomic E-state index is 13.3. The second-order valence-electron chi connectivity index (χ2n) is 9.16. The molecule has 0 spiro atoms. The number of hydrogen-bond acceptors (Lipinski definition) is 8. The number of nitrogens with one attached hydrogen (secondary N) is 1. The highest BCUT2D eigenvalue weighted by molar-refractivity contribution is 5.92. The highest BCUT2D eigenvalue weighted by atomic mass is 16.6. The van der Waals surface area contributed by atoms with Crippen LogP contribution >= 0.6 is 0 Å². The Balaban J connectivity index is 1.40. The number of alkyl carbamates (subject to hydrolysis) is 1. The number of aromatic hydroxyl groups is 2. The van der Waals surface area contributed by atoms with E-state index >= 15 is 0 Å². The first kappa shape index (κ1) is 27.0. The number of phenols is 2. The lowest BCUT2D eigenvalue weighted by Crippen LogP contribution is -2.44. The molecule has 206 valence electrons. The van der Waals surface area contributed by atoms with Crippen LogP contribution in [0.25, 0.3) is 22.3 Å². The SMILES string of the molecule is O=C(NC(Cc1ccccc1)C(=O)Oc1c(O)cc2oc(-c3ccccc3)cc(=O)c2c1O)OCc1ccccc1. The third-order valence-corrected chi connectivity index (χ3v) is 6.26. The highest BCUT2D eigenvalue weighted by Crippen LogP contribution is 2.42. The molecule has 1 amide bonds. The Morgan fingerprint density at radius 3 is 2.10 bits per heavy atom. The Hall–Kier alpha value is -5.57. The smallest absolute Gasteiger partial charge is 0.408 e. The van der Waals surface area contributed by atoms with E-state index < -0.39 is 40.8 Å². The predicted octanol–water partition coefficient (Wildman–Crippen LogP) is 5.31. The number of fused-ring (bicyclic) bond motifs is 1. The van der Waals surface area contributed by atoms with Gasteiger partial charge in [0, 0.05) is 24.1 Å². The molecule has 0 aliphatic rings. The zero-order valence-electron chi connectivity index (χ0n) is 21.7. The fourth-order valence-electron chi connectivity index (χ4n) is 4.24. The summed E-state index contributed by atoms with van der Waals surface area (Å²) in [5, 5.41) is 23.7. The number of ether oxygens (including phenoxy) is 2. The quantitative estimate of drug-likeness (QED) is 0.174. The number of carbonyl (C=O) groups excluding carboxylic acids is 2. The zero-order valence-corrected chi connectivity index (χ0v) is 21.7. The minimum Gasteiger partial charge on any atom is -0.504 e. The molecule has 0 aliphatic heterocycles. The van der Waals surface area contributed by atoms with Gasteiger partial charge in [-0.25, -0.2) is 9.59 Å². The summed E-state index contributed by atoms with van der Waals surface area (Å²) in [6.07, 6.45) is -0.842. The zero-order chi connectivity index (χ0) is 28.8. The molecule has 1 heterocycles. The van der Waals surface area contributed by atoms with Gasteiger partial charge in [-0.05, 0) is 11.1 Å². The van der Waals surface area contributed by atoms with Gasteiger partial charge in [-0.1, -0.05) is 91.0 Å². The average Bonchev–Trinajstić information content (AvgIpc) is 2.99. The standard InChI is InChI=1S/C32H25NO8/c34-24-17-26(22-14-8-3-9-15-22)40-27-18-25(35)30(29(36)28(24)27)41-31(37)23(16-20-10-4-1-5-11-20)33-32(38)39-19-21-12-6-2-7-13-21/h1-15,17-18,23,35-36H,16,19H2,(H,33,38). The lowest BCUT2D eigenvalue weighted by molar-refractivity contribution is -0.136. The van der Waals surface area contributed by atoms with Crippen LogP contribution in [0, 0.1) is 0 Å². The Labute approximate surface area is 234 Å². The second kappa shape index (κ2) is 12.1. The molecule has 1 atom stereocenters. The van der Waals surface area contributed by atoms with Crippen molar-refractivity contribution in [3.63, 3.8) is 0 Å². The molecular weight excluding hydrogens is 526 g/mol. The van der Waals surface area contributed by atoms with Crippen LogP contribution in [-0.4, -0.2) is 28.3 Å². The molecular formula is C32H25NO8. The first-order chi connectivity index (χ1) is 19.9. The molecule has 0 saturated heterocycles. The van der Waals surface area contributed by atoms with Crippen LogP contribution in [0.5, 0.6) is 17.2 Å². The molecule has 0 fully saturated rings. The number of esters is 1. The van der Waals surface area contributed by atoms with Crippen molar-refractivity contribution >= 4 is 23.0 Å². The number of benzene rings is 4. The number of carbonyl (C=O) groups is 2. The third kappa shape index (κ3) is 6.36. The van der Waals surface area contributed by atoms with E-state index in [2.05, 4.69) is 5.32 Å². The van der Waals surface area contributed by atoms with Crippen LogP contribution in [0.1, 0.15) is 11.1 Å². The summed E-state index contributed by atoms with van der Waals surface area (Å²) in [7, 11) is 0. The summed E-state index contributed by atoms with van der Waals surface area (Å²) in [4.78, 5) is 38.8. The minimum atomic E-state index is -1.26. The first-order valence-corrected chi connectivity index (χ1v) is 12.7. The van der Waals surface area contributed by atoms with Crippen molar-refractivity contribution in [1.82, 2.24) is 5.32 Å². The van der Waals surface area contributed by atoms with E-state index in [4.69, 9.17) is 13.9 Å². The third-order valence-electron chi connectivity index (χ3n) is 6.26. The highest BCUT2D eigenvalue weighted by Gasteiger charge is 2.28. The minimum absolute atomic E-state index is 0.0211. The summed E-state index contributed by atoms with van der Waals surface area (Å²) in [6, 6.07) is 27.7. The molecule has 0 bridgehead atoms. The molecule has 9 nitrogen and oxygen atoms in total. The maximum Gasteiger partial charge on any atom is 0.408 e. The predicted molar refractivity (Wildman–Crippen MR) is 151 cm³/mol.